The molecule has 0 saturated carbocycles. The standard InChI is InChI=1S/C15H12IN3O3/c16-13-5-1-12(2-6-13)10-17-18-15(20)9-11-3-7-14(8-4-11)19(21)22/h1-8,10H,9H2,(H,18,20). The van der Waals surface area contributed by atoms with Crippen molar-refractivity contribution in [3.05, 3.63) is 73.3 Å². The van der Waals surface area contributed by atoms with E-state index in [0.717, 1.165) is 9.13 Å². The van der Waals surface area contributed by atoms with Crippen LogP contribution in [0.25, 0.3) is 0 Å². The van der Waals surface area contributed by atoms with Crippen molar-refractivity contribution < 1.29 is 9.72 Å². The van der Waals surface area contributed by atoms with E-state index in [2.05, 4.69) is 33.1 Å². The van der Waals surface area contributed by atoms with Crippen LogP contribution in [0.5, 0.6) is 0 Å². The summed E-state index contributed by atoms with van der Waals surface area (Å²) in [6.45, 7) is 0. The average Bonchev–Trinajstić information content (AvgIpc) is 2.50. The Hall–Kier alpha value is -2.29. The molecular formula is C15H12IN3O3. The van der Waals surface area contributed by atoms with Gasteiger partial charge in [-0.1, -0.05) is 24.3 Å². The number of hydrogen-bond acceptors (Lipinski definition) is 4. The maximum atomic E-state index is 11.7. The Kier molecular flexibility index (Phi) is 5.59. The van der Waals surface area contributed by atoms with Crippen LogP contribution in [0.15, 0.2) is 53.6 Å². The van der Waals surface area contributed by atoms with Gasteiger partial charge >= 0.3 is 0 Å². The molecular weight excluding hydrogens is 397 g/mol. The lowest BCUT2D eigenvalue weighted by molar-refractivity contribution is -0.384. The van der Waals surface area contributed by atoms with Crippen LogP contribution >= 0.6 is 22.6 Å². The third-order valence-corrected chi connectivity index (χ3v) is 3.50. The summed E-state index contributed by atoms with van der Waals surface area (Å²) in [5.74, 6) is -0.282. The van der Waals surface area contributed by atoms with Crippen LogP contribution in [-0.2, 0) is 11.2 Å². The number of benzene rings is 2. The number of nitro groups is 1. The number of hydrogen-bond donors (Lipinski definition) is 1. The van der Waals surface area contributed by atoms with E-state index in [1.165, 1.54) is 12.1 Å². The molecule has 0 fully saturated rings. The Morgan fingerprint density at radius 3 is 2.41 bits per heavy atom. The van der Waals surface area contributed by atoms with Gasteiger partial charge in [-0.25, -0.2) is 5.43 Å². The summed E-state index contributed by atoms with van der Waals surface area (Å²) in [5.41, 5.74) is 4.00. The van der Waals surface area contributed by atoms with Gasteiger partial charge in [-0.05, 0) is 45.9 Å². The van der Waals surface area contributed by atoms with Gasteiger partial charge in [0, 0.05) is 15.7 Å². The summed E-state index contributed by atoms with van der Waals surface area (Å²) in [5, 5.41) is 14.4. The summed E-state index contributed by atoms with van der Waals surface area (Å²) in [7, 11) is 0. The molecule has 0 aliphatic heterocycles. The lowest BCUT2D eigenvalue weighted by Gasteiger charge is -2.00. The highest BCUT2D eigenvalue weighted by atomic mass is 127. The minimum atomic E-state index is -0.477. The number of amides is 1. The predicted molar refractivity (Wildman–Crippen MR) is 91.7 cm³/mol. The molecule has 0 bridgehead atoms. The van der Waals surface area contributed by atoms with Gasteiger partial charge in [0.15, 0.2) is 0 Å². The number of hydrazone groups is 1. The number of rotatable bonds is 5. The molecule has 0 saturated heterocycles. The van der Waals surface area contributed by atoms with Crippen LogP contribution in [-0.4, -0.2) is 17.0 Å². The van der Waals surface area contributed by atoms with E-state index in [1.807, 2.05) is 24.3 Å². The maximum absolute atomic E-state index is 11.7. The van der Waals surface area contributed by atoms with E-state index >= 15 is 0 Å². The zero-order valence-corrected chi connectivity index (χ0v) is 13.6. The minimum absolute atomic E-state index is 0.000823. The van der Waals surface area contributed by atoms with Gasteiger partial charge in [-0.3, -0.25) is 14.9 Å². The van der Waals surface area contributed by atoms with Gasteiger partial charge in [-0.15, -0.1) is 0 Å². The molecule has 0 unspecified atom stereocenters. The predicted octanol–water partition coefficient (Wildman–Crippen LogP) is 2.89. The van der Waals surface area contributed by atoms with Gasteiger partial charge in [0.25, 0.3) is 5.69 Å². The molecule has 6 nitrogen and oxygen atoms in total. The van der Waals surface area contributed by atoms with E-state index in [4.69, 9.17) is 0 Å². The van der Waals surface area contributed by atoms with E-state index in [1.54, 1.807) is 18.3 Å². The van der Waals surface area contributed by atoms with Gasteiger partial charge in [0.1, 0.15) is 0 Å². The molecule has 2 aromatic carbocycles. The number of nitro benzene ring substituents is 1. The second-order valence-corrected chi connectivity index (χ2v) is 5.69. The minimum Gasteiger partial charge on any atom is -0.273 e. The number of carbonyl (C=O) groups excluding carboxylic acids is 1. The Balaban J connectivity index is 1.87. The fourth-order valence-corrected chi connectivity index (χ4v) is 2.05. The normalized spacial score (nSPS) is 10.6. The lowest BCUT2D eigenvalue weighted by atomic mass is 10.1. The molecule has 0 spiro atoms. The van der Waals surface area contributed by atoms with Gasteiger partial charge < -0.3 is 0 Å². The Morgan fingerprint density at radius 1 is 1.18 bits per heavy atom. The molecule has 0 radical (unpaired) electrons. The van der Waals surface area contributed by atoms with Crippen molar-refractivity contribution in [3.63, 3.8) is 0 Å². The monoisotopic (exact) mass is 409 g/mol. The van der Waals surface area contributed by atoms with Crippen molar-refractivity contribution >= 4 is 40.4 Å². The third-order valence-electron chi connectivity index (χ3n) is 2.78. The summed E-state index contributed by atoms with van der Waals surface area (Å²) >= 11 is 2.21. The van der Waals surface area contributed by atoms with Gasteiger partial charge in [-0.2, -0.15) is 5.10 Å². The molecule has 1 amide bonds. The number of carbonyl (C=O) groups is 1. The summed E-state index contributed by atoms with van der Waals surface area (Å²) < 4.78 is 1.12. The molecule has 2 rings (SSSR count). The van der Waals surface area contributed by atoms with Gasteiger partial charge in [0.2, 0.25) is 5.91 Å². The molecule has 2 aromatic rings. The molecule has 0 aliphatic rings. The van der Waals surface area contributed by atoms with Crippen LogP contribution in [0.4, 0.5) is 5.69 Å². The fraction of sp³-hybridized carbons (Fsp3) is 0.0667. The zero-order chi connectivity index (χ0) is 15.9. The smallest absolute Gasteiger partial charge is 0.269 e. The van der Waals surface area contributed by atoms with E-state index in [-0.39, 0.29) is 18.0 Å². The first kappa shape index (κ1) is 16.1. The molecule has 22 heavy (non-hydrogen) atoms. The fourth-order valence-electron chi connectivity index (χ4n) is 1.69. The average molecular weight is 409 g/mol. The van der Waals surface area contributed by atoms with E-state index in [0.29, 0.717) is 5.56 Å². The number of halogens is 1. The van der Waals surface area contributed by atoms with Crippen molar-refractivity contribution in [1.29, 1.82) is 0 Å². The van der Waals surface area contributed by atoms with E-state index < -0.39 is 4.92 Å². The highest BCUT2D eigenvalue weighted by Crippen LogP contribution is 2.12. The highest BCUT2D eigenvalue weighted by Gasteiger charge is 2.06. The maximum Gasteiger partial charge on any atom is 0.269 e. The van der Waals surface area contributed by atoms with Crippen LogP contribution in [0, 0.1) is 13.7 Å². The number of nitrogens with one attached hydrogen (secondary N) is 1. The molecule has 1 N–H and O–H groups in total. The van der Waals surface area contributed by atoms with Crippen LogP contribution in [0.2, 0.25) is 0 Å². The molecule has 0 heterocycles. The Morgan fingerprint density at radius 2 is 1.82 bits per heavy atom. The highest BCUT2D eigenvalue weighted by molar-refractivity contribution is 14.1. The number of nitrogens with zero attached hydrogens (tertiary/aromatic N) is 2. The SMILES string of the molecule is O=C(Cc1ccc([N+](=O)[O-])cc1)NN=Cc1ccc(I)cc1. The van der Waals surface area contributed by atoms with E-state index in [9.17, 15) is 14.9 Å². The van der Waals surface area contributed by atoms with Crippen molar-refractivity contribution in [2.45, 2.75) is 6.42 Å². The Labute approximate surface area is 140 Å². The van der Waals surface area contributed by atoms with Crippen molar-refractivity contribution in [1.82, 2.24) is 5.43 Å². The van der Waals surface area contributed by atoms with Crippen molar-refractivity contribution in [2.75, 3.05) is 0 Å². The Bertz CT molecular complexity index is 697. The lowest BCUT2D eigenvalue weighted by Crippen LogP contribution is -2.19. The second kappa shape index (κ2) is 7.64. The quantitative estimate of drug-likeness (QED) is 0.357. The van der Waals surface area contributed by atoms with Crippen LogP contribution in [0.1, 0.15) is 11.1 Å². The van der Waals surface area contributed by atoms with Crippen LogP contribution in [0.3, 0.4) is 0 Å². The molecule has 0 atom stereocenters. The largest absolute Gasteiger partial charge is 0.273 e. The third kappa shape index (κ3) is 4.92. The molecule has 112 valence electrons. The van der Waals surface area contributed by atoms with Crippen molar-refractivity contribution in [2.24, 2.45) is 5.10 Å². The molecule has 7 heteroatoms. The molecule has 0 aromatic heterocycles. The first-order chi connectivity index (χ1) is 10.5. The zero-order valence-electron chi connectivity index (χ0n) is 11.4. The molecule has 0 aliphatic carbocycles. The van der Waals surface area contributed by atoms with Crippen molar-refractivity contribution in [3.8, 4) is 0 Å². The first-order valence-electron chi connectivity index (χ1n) is 6.35. The first-order valence-corrected chi connectivity index (χ1v) is 7.43. The summed E-state index contributed by atoms with van der Waals surface area (Å²) in [4.78, 5) is 21.8. The number of non-ortho nitro benzene ring substituents is 1. The summed E-state index contributed by atoms with van der Waals surface area (Å²) in [6, 6.07) is 13.5. The topological polar surface area (TPSA) is 84.6 Å². The summed E-state index contributed by atoms with van der Waals surface area (Å²) in [6.07, 6.45) is 1.67. The van der Waals surface area contributed by atoms with Crippen LogP contribution < -0.4 is 5.43 Å². The second-order valence-electron chi connectivity index (χ2n) is 4.45. The van der Waals surface area contributed by atoms with Gasteiger partial charge in [0.05, 0.1) is 17.6 Å².